The van der Waals surface area contributed by atoms with E-state index in [9.17, 15) is 18.8 Å². The maximum Gasteiger partial charge on any atom is 0.273 e. The van der Waals surface area contributed by atoms with Crippen molar-refractivity contribution in [2.45, 2.75) is 26.7 Å². The van der Waals surface area contributed by atoms with Gasteiger partial charge in [0.1, 0.15) is 17.3 Å². The molecule has 0 aliphatic heterocycles. The van der Waals surface area contributed by atoms with E-state index in [0.717, 1.165) is 6.07 Å². The predicted octanol–water partition coefficient (Wildman–Crippen LogP) is 3.75. The number of halogens is 2. The Morgan fingerprint density at radius 1 is 1.10 bits per heavy atom. The Balaban J connectivity index is 2.16. The summed E-state index contributed by atoms with van der Waals surface area (Å²) < 4.78 is 24.1. The summed E-state index contributed by atoms with van der Waals surface area (Å²) in [5.74, 6) is -2.20. The van der Waals surface area contributed by atoms with Gasteiger partial charge in [0.05, 0.1) is 10.6 Å². The molecule has 0 saturated heterocycles. The molecule has 2 aromatic rings. The summed E-state index contributed by atoms with van der Waals surface area (Å²) in [5, 5.41) is 11.2. The van der Waals surface area contributed by atoms with Crippen molar-refractivity contribution >= 4 is 35.0 Å². The highest BCUT2D eigenvalue weighted by Crippen LogP contribution is 2.27. The van der Waals surface area contributed by atoms with Crippen molar-refractivity contribution < 1.29 is 28.2 Å². The summed E-state index contributed by atoms with van der Waals surface area (Å²) >= 11 is 5.89. The van der Waals surface area contributed by atoms with Crippen LogP contribution in [0.5, 0.6) is 5.75 Å². The van der Waals surface area contributed by atoms with E-state index in [4.69, 9.17) is 21.1 Å². The van der Waals surface area contributed by atoms with Crippen LogP contribution in [0.2, 0.25) is 5.02 Å². The molecule has 0 aliphatic carbocycles. The number of amides is 3. The molecule has 0 radical (unpaired) electrons. The standard InChI is InChI=1S/C29H39ClFN5O5/c1-29(2,17-33-27(38)20-14-21(30)22(31)15-24(20)41-18-40-6)16-25(37)35-26(23(32-3)12-13-36(4)5)28(39)34-19-10-8-7-9-11-19/h7-11,14-15,32H,12-13,16-18H2,1-6H3,(H,33,38)(H,34,39)(H,35,37)/b26-23+. The Labute approximate surface area is 245 Å². The van der Waals surface area contributed by atoms with Gasteiger partial charge in [0, 0.05) is 57.5 Å². The third kappa shape index (κ3) is 11.0. The van der Waals surface area contributed by atoms with E-state index in [0.29, 0.717) is 24.4 Å². The number of carbonyl (C=O) groups is 3. The first kappa shape index (κ1) is 33.5. The topological polar surface area (TPSA) is 121 Å². The van der Waals surface area contributed by atoms with E-state index in [-0.39, 0.29) is 41.8 Å². The molecule has 41 heavy (non-hydrogen) atoms. The molecule has 224 valence electrons. The fourth-order valence-electron chi connectivity index (χ4n) is 3.74. The summed E-state index contributed by atoms with van der Waals surface area (Å²) in [5.41, 5.74) is 0.579. The van der Waals surface area contributed by atoms with Gasteiger partial charge in [-0.3, -0.25) is 14.4 Å². The first-order chi connectivity index (χ1) is 19.4. The number of carbonyl (C=O) groups excluding carboxylic acids is 3. The highest BCUT2D eigenvalue weighted by atomic mass is 35.5. The number of methoxy groups -OCH3 is 1. The van der Waals surface area contributed by atoms with Crippen LogP contribution < -0.4 is 26.0 Å². The second kappa shape index (κ2) is 15.9. The van der Waals surface area contributed by atoms with Crippen molar-refractivity contribution in [1.82, 2.24) is 20.9 Å². The minimum atomic E-state index is -0.738. The number of nitrogens with zero attached hydrogens (tertiary/aromatic N) is 1. The van der Waals surface area contributed by atoms with Gasteiger partial charge < -0.3 is 35.6 Å². The highest BCUT2D eigenvalue weighted by molar-refractivity contribution is 6.31. The molecule has 2 aromatic carbocycles. The zero-order valence-corrected chi connectivity index (χ0v) is 25.1. The molecule has 0 atom stereocenters. The van der Waals surface area contributed by atoms with Crippen LogP contribution in [0.3, 0.4) is 0 Å². The summed E-state index contributed by atoms with van der Waals surface area (Å²) in [7, 11) is 6.92. The molecule has 4 N–H and O–H groups in total. The number of hydrogen-bond donors (Lipinski definition) is 4. The Bertz CT molecular complexity index is 1240. The van der Waals surface area contributed by atoms with E-state index >= 15 is 0 Å². The molecule has 0 unspecified atom stereocenters. The molecule has 0 aromatic heterocycles. The van der Waals surface area contributed by atoms with E-state index in [2.05, 4.69) is 21.3 Å². The maximum absolute atomic E-state index is 14.0. The average molecular weight is 592 g/mol. The number of hydrogen-bond acceptors (Lipinski definition) is 7. The number of anilines is 1. The largest absolute Gasteiger partial charge is 0.467 e. The molecule has 10 nitrogen and oxygen atoms in total. The molecule has 0 saturated carbocycles. The third-order valence-corrected chi connectivity index (χ3v) is 6.19. The zero-order chi connectivity index (χ0) is 30.6. The maximum atomic E-state index is 14.0. The number of para-hydroxylation sites is 1. The van der Waals surface area contributed by atoms with Crippen LogP contribution in [0, 0.1) is 11.2 Å². The molecule has 3 amide bonds. The van der Waals surface area contributed by atoms with E-state index in [1.807, 2.05) is 25.1 Å². The minimum Gasteiger partial charge on any atom is -0.467 e. The highest BCUT2D eigenvalue weighted by Gasteiger charge is 2.27. The van der Waals surface area contributed by atoms with Crippen LogP contribution in [0.4, 0.5) is 10.1 Å². The number of rotatable bonds is 15. The van der Waals surface area contributed by atoms with Crippen molar-refractivity contribution in [3.05, 3.63) is 70.3 Å². The normalized spacial score (nSPS) is 11.9. The third-order valence-electron chi connectivity index (χ3n) is 5.90. The van der Waals surface area contributed by atoms with Crippen molar-refractivity contribution in [2.75, 3.05) is 53.5 Å². The van der Waals surface area contributed by atoms with Crippen molar-refractivity contribution in [3.63, 3.8) is 0 Å². The van der Waals surface area contributed by atoms with Gasteiger partial charge in [0.15, 0.2) is 6.79 Å². The van der Waals surface area contributed by atoms with Gasteiger partial charge in [-0.25, -0.2) is 4.39 Å². The summed E-state index contributed by atoms with van der Waals surface area (Å²) in [4.78, 5) is 41.3. The van der Waals surface area contributed by atoms with Crippen LogP contribution in [-0.2, 0) is 14.3 Å². The van der Waals surface area contributed by atoms with Crippen LogP contribution in [0.25, 0.3) is 0 Å². The molecule has 0 aliphatic rings. The lowest BCUT2D eigenvalue weighted by Crippen LogP contribution is -2.40. The van der Waals surface area contributed by atoms with Crippen LogP contribution in [-0.4, -0.2) is 70.8 Å². The lowest BCUT2D eigenvalue weighted by Gasteiger charge is -2.25. The molecule has 0 heterocycles. The second-order valence-electron chi connectivity index (χ2n) is 10.4. The van der Waals surface area contributed by atoms with Gasteiger partial charge in [-0.1, -0.05) is 43.6 Å². The van der Waals surface area contributed by atoms with Crippen molar-refractivity contribution in [2.24, 2.45) is 5.41 Å². The molecule has 0 bridgehead atoms. The van der Waals surface area contributed by atoms with Gasteiger partial charge >= 0.3 is 0 Å². The zero-order valence-electron chi connectivity index (χ0n) is 24.3. The van der Waals surface area contributed by atoms with Gasteiger partial charge in [-0.2, -0.15) is 0 Å². The molecule has 2 rings (SSSR count). The second-order valence-corrected chi connectivity index (χ2v) is 10.8. The molecule has 12 heteroatoms. The predicted molar refractivity (Wildman–Crippen MR) is 157 cm³/mol. The van der Waals surface area contributed by atoms with Crippen molar-refractivity contribution in [3.8, 4) is 5.75 Å². The van der Waals surface area contributed by atoms with Crippen LogP contribution in [0.1, 0.15) is 37.0 Å². The quantitative estimate of drug-likeness (QED) is 0.184. The first-order valence-corrected chi connectivity index (χ1v) is 13.4. The fourth-order valence-corrected chi connectivity index (χ4v) is 3.90. The number of nitrogens with one attached hydrogen (secondary N) is 4. The van der Waals surface area contributed by atoms with Gasteiger partial charge in [0.2, 0.25) is 5.91 Å². The smallest absolute Gasteiger partial charge is 0.273 e. The number of benzene rings is 2. The lowest BCUT2D eigenvalue weighted by atomic mass is 9.88. The summed E-state index contributed by atoms with van der Waals surface area (Å²) in [6.07, 6.45) is 0.478. The molecular weight excluding hydrogens is 553 g/mol. The molecule has 0 spiro atoms. The molecule has 0 fully saturated rings. The average Bonchev–Trinajstić information content (AvgIpc) is 2.91. The van der Waals surface area contributed by atoms with Gasteiger partial charge in [-0.15, -0.1) is 0 Å². The van der Waals surface area contributed by atoms with Crippen molar-refractivity contribution in [1.29, 1.82) is 0 Å². The fraction of sp³-hybridized carbons (Fsp3) is 0.414. The first-order valence-electron chi connectivity index (χ1n) is 13.0. The van der Waals surface area contributed by atoms with Gasteiger partial charge in [-0.05, 0) is 37.7 Å². The van der Waals surface area contributed by atoms with E-state index < -0.39 is 29.0 Å². The Morgan fingerprint density at radius 2 is 1.78 bits per heavy atom. The summed E-state index contributed by atoms with van der Waals surface area (Å²) in [6, 6.07) is 11.1. The van der Waals surface area contributed by atoms with Crippen LogP contribution >= 0.6 is 11.6 Å². The summed E-state index contributed by atoms with van der Waals surface area (Å²) in [6.45, 7) is 4.14. The van der Waals surface area contributed by atoms with E-state index in [1.165, 1.54) is 13.2 Å². The van der Waals surface area contributed by atoms with Crippen LogP contribution in [0.15, 0.2) is 53.9 Å². The number of ether oxygens (including phenoxy) is 2. The SMILES string of the molecule is CN/C(CCN(C)C)=C(/NC(=O)CC(C)(C)CNC(=O)c1cc(Cl)c(F)cc1OCOC)C(=O)Nc1ccccc1. The lowest BCUT2D eigenvalue weighted by molar-refractivity contribution is -0.124. The van der Waals surface area contributed by atoms with Gasteiger partial charge in [0.25, 0.3) is 11.8 Å². The Hall–Kier alpha value is -3.67. The monoisotopic (exact) mass is 591 g/mol. The minimum absolute atomic E-state index is 0.0166. The Morgan fingerprint density at radius 3 is 2.39 bits per heavy atom. The van der Waals surface area contributed by atoms with E-state index in [1.54, 1.807) is 45.2 Å². The molecular formula is C29H39ClFN5O5. The Kier molecular flexibility index (Phi) is 13.0.